The fraction of sp³-hybridized carbons (Fsp3) is 0. The average Bonchev–Trinajstić information content (AvgIpc) is 3.13. The fourth-order valence-electron chi connectivity index (χ4n) is 5.43. The number of carbonyl (C=O) groups excluding carboxylic acids is 1. The number of nitrogens with one attached hydrogen (secondary N) is 2. The molecule has 0 fully saturated rings. The van der Waals surface area contributed by atoms with Gasteiger partial charge in [0.1, 0.15) is 9.79 Å². The molecule has 0 aliphatic carbocycles. The van der Waals surface area contributed by atoms with E-state index in [9.17, 15) is 77.1 Å². The minimum atomic E-state index is -5.20. The van der Waals surface area contributed by atoms with Crippen LogP contribution in [0.2, 0.25) is 0 Å². The molecule has 0 aliphatic rings. The zero-order valence-electron chi connectivity index (χ0n) is 33.1. The number of rotatable bonds is 10. The Morgan fingerprint density at radius 2 is 0.766 bits per heavy atom. The molecular weight excluding hydrogens is 973 g/mol. The van der Waals surface area contributed by atoms with Crippen LogP contribution in [0.5, 0.6) is 23.0 Å². The molecule has 0 heterocycles. The first kappa shape index (κ1) is 57.3. The van der Waals surface area contributed by atoms with Crippen molar-refractivity contribution in [2.45, 2.75) is 19.6 Å². The Hall–Kier alpha value is -2.85. The summed E-state index contributed by atoms with van der Waals surface area (Å²) in [7, 11) is -20.3. The zero-order valence-corrected chi connectivity index (χ0v) is 44.4. The first-order valence-electron chi connectivity index (χ1n) is 15.8. The summed E-state index contributed by atoms with van der Waals surface area (Å²) >= 11 is 0. The minimum absolute atomic E-state index is 0. The van der Waals surface area contributed by atoms with E-state index >= 15 is 0 Å². The maximum Gasteiger partial charge on any atom is 1.00 e. The smallest absolute Gasteiger partial charge is 0.872 e. The predicted octanol–water partition coefficient (Wildman–Crippen LogP) is -8.24. The van der Waals surface area contributed by atoms with Crippen LogP contribution in [0.3, 0.4) is 0 Å². The van der Waals surface area contributed by atoms with Gasteiger partial charge in [-0.1, -0.05) is 11.5 Å². The summed E-state index contributed by atoms with van der Waals surface area (Å²) in [6.45, 7) is 0. The van der Waals surface area contributed by atoms with E-state index in [1.807, 2.05) is 0 Å². The number of fused-ring (bicyclic) bond motifs is 2. The van der Waals surface area contributed by atoms with Gasteiger partial charge in [0.05, 0.1) is 32.5 Å². The van der Waals surface area contributed by atoms with E-state index in [0.717, 1.165) is 0 Å². The van der Waals surface area contributed by atoms with Gasteiger partial charge in [0, 0.05) is 11.4 Å². The standard InChI is InChI=1S/C33H24N6O17S4.4Na/c40-23-13-21(57(45,46)47)9-15-11-25(59(51,52)53)29(31(42)27(15)23)38-36-19-5-1-17(2-6-19)34-33(44)35-18-3-7-20(8-4-18)37-39-30-26(60(54,55)56)12-16-10-22(58(48,49)50)14-24(41)28(16)32(30)43;;;;/h1-14,40-43H,(H2,34,35,44)(H,45,46,47)(H,48,49,50)(H,51,52,53)(H,54,55,56);;;;/q;4*+1/p-4. The molecule has 312 valence electrons. The molecule has 0 aliphatic heterocycles. The molecule has 64 heavy (non-hydrogen) atoms. The third-order valence-electron chi connectivity index (χ3n) is 8.07. The molecular formula is C33H20N6Na4O17S4. The Morgan fingerprint density at radius 1 is 0.453 bits per heavy atom. The Kier molecular flexibility index (Phi) is 19.6. The van der Waals surface area contributed by atoms with Gasteiger partial charge in [0.15, 0.2) is 0 Å². The molecule has 6 aromatic rings. The molecule has 31 heteroatoms. The van der Waals surface area contributed by atoms with Gasteiger partial charge in [0.2, 0.25) is 0 Å². The molecule has 0 bridgehead atoms. The van der Waals surface area contributed by atoms with E-state index in [4.69, 9.17) is 0 Å². The number of nitrogens with zero attached hydrogens (tertiary/aromatic N) is 4. The topological polar surface area (TPSA) is 400 Å². The monoisotopic (exact) mass is 992 g/mol. The van der Waals surface area contributed by atoms with Crippen LogP contribution >= 0.6 is 0 Å². The number of azo groups is 2. The van der Waals surface area contributed by atoms with Crippen molar-refractivity contribution in [1.29, 1.82) is 0 Å². The van der Waals surface area contributed by atoms with E-state index in [-0.39, 0.29) is 141 Å². The van der Waals surface area contributed by atoms with E-state index in [1.54, 1.807) is 0 Å². The minimum Gasteiger partial charge on any atom is -0.872 e. The first-order chi connectivity index (χ1) is 27.8. The summed E-state index contributed by atoms with van der Waals surface area (Å²) in [6, 6.07) is 12.9. The molecule has 0 atom stereocenters. The van der Waals surface area contributed by atoms with Crippen molar-refractivity contribution in [1.82, 2.24) is 0 Å². The zero-order chi connectivity index (χ0) is 44.1. The van der Waals surface area contributed by atoms with Gasteiger partial charge in [0.25, 0.3) is 40.5 Å². The van der Waals surface area contributed by atoms with Gasteiger partial charge in [-0.3, -0.25) is 18.2 Å². The number of hydrogen-bond donors (Lipinski definition) is 6. The first-order valence-corrected chi connectivity index (χ1v) is 21.6. The van der Waals surface area contributed by atoms with Crippen LogP contribution in [0.15, 0.2) is 125 Å². The van der Waals surface area contributed by atoms with Crippen molar-refractivity contribution < 1.29 is 195 Å². The molecule has 0 saturated heterocycles. The van der Waals surface area contributed by atoms with Crippen LogP contribution < -0.4 is 149 Å². The summed E-state index contributed by atoms with van der Waals surface area (Å²) in [5.74, 6) is -5.04. The predicted molar refractivity (Wildman–Crippen MR) is 199 cm³/mol. The molecule has 0 spiro atoms. The Balaban J connectivity index is 0.00000352. The normalized spacial score (nSPS) is 11.9. The summed E-state index contributed by atoms with van der Waals surface area (Å²) in [6.07, 6.45) is 0. The number of anilines is 2. The number of urea groups is 1. The maximum absolute atomic E-state index is 13.1. The van der Waals surface area contributed by atoms with Crippen LogP contribution in [0.1, 0.15) is 0 Å². The SMILES string of the molecule is O=C(Nc1ccc(N=Nc2c(S(=O)(=O)O)cc3cc(S(=O)(=O)O)cc([O-])c3c2[O-])cc1)Nc1ccc(N=Nc2c(S(=O)(=O)O)cc3cc(S(=O)(=O)O)cc([O-])c3c2[O-])cc1.[Na+].[Na+].[Na+].[Na+]. The molecule has 0 radical (unpaired) electrons. The number of hydrogen-bond acceptors (Lipinski definition) is 17. The van der Waals surface area contributed by atoms with Gasteiger partial charge in [-0.25, -0.2) is 4.79 Å². The van der Waals surface area contributed by atoms with E-state index in [1.165, 1.54) is 48.5 Å². The van der Waals surface area contributed by atoms with Gasteiger partial charge < -0.3 is 31.1 Å². The second-order valence-corrected chi connectivity index (χ2v) is 17.7. The maximum atomic E-state index is 13.1. The molecule has 2 amide bonds. The Morgan fingerprint density at radius 3 is 1.05 bits per heavy atom. The second kappa shape index (κ2) is 21.8. The summed E-state index contributed by atoms with van der Waals surface area (Å²) < 4.78 is 132. The van der Waals surface area contributed by atoms with E-state index in [0.29, 0.717) is 36.4 Å². The molecule has 6 N–H and O–H groups in total. The molecule has 6 aromatic carbocycles. The van der Waals surface area contributed by atoms with Crippen molar-refractivity contribution in [3.63, 3.8) is 0 Å². The summed E-state index contributed by atoms with van der Waals surface area (Å²) in [4.78, 5) is 8.56. The van der Waals surface area contributed by atoms with Crippen molar-refractivity contribution in [2.24, 2.45) is 20.5 Å². The van der Waals surface area contributed by atoms with Gasteiger partial charge in [-0.2, -0.15) is 43.9 Å². The van der Waals surface area contributed by atoms with E-state index < -0.39 is 122 Å². The van der Waals surface area contributed by atoms with Gasteiger partial charge in [-0.15, -0.1) is 21.7 Å². The van der Waals surface area contributed by atoms with Crippen LogP contribution in [0, 0.1) is 0 Å². The molecule has 0 aromatic heterocycles. The van der Waals surface area contributed by atoms with Crippen molar-refractivity contribution in [2.75, 3.05) is 10.6 Å². The van der Waals surface area contributed by atoms with Crippen LogP contribution in [-0.2, 0) is 40.5 Å². The van der Waals surface area contributed by atoms with Crippen LogP contribution in [-0.4, -0.2) is 57.9 Å². The Bertz CT molecular complexity index is 3110. The van der Waals surface area contributed by atoms with Crippen molar-refractivity contribution in [3.8, 4) is 23.0 Å². The van der Waals surface area contributed by atoms with Crippen LogP contribution in [0.25, 0.3) is 21.5 Å². The quantitative estimate of drug-likeness (QED) is 0.0422. The van der Waals surface area contributed by atoms with Crippen molar-refractivity contribution >= 4 is 102 Å². The summed E-state index contributed by atoms with van der Waals surface area (Å²) in [5.41, 5.74) is -1.67. The average molecular weight is 993 g/mol. The van der Waals surface area contributed by atoms with E-state index in [2.05, 4.69) is 31.1 Å². The molecule has 23 nitrogen and oxygen atoms in total. The fourth-order valence-corrected chi connectivity index (χ4v) is 7.80. The van der Waals surface area contributed by atoms with Crippen molar-refractivity contribution in [3.05, 3.63) is 84.9 Å². The Labute approximate surface area is 450 Å². The second-order valence-electron chi connectivity index (χ2n) is 12.1. The van der Waals surface area contributed by atoms with Gasteiger partial charge in [-0.05, 0) is 106 Å². The largest absolute Gasteiger partial charge is 1.00 e. The van der Waals surface area contributed by atoms with Crippen LogP contribution in [0.4, 0.5) is 38.9 Å². The number of carbonyl (C=O) groups is 1. The number of benzene rings is 6. The third kappa shape index (κ3) is 13.2. The van der Waals surface area contributed by atoms with Gasteiger partial charge >= 0.3 is 124 Å². The third-order valence-corrected chi connectivity index (χ3v) is 11.5. The number of amides is 2. The molecule has 0 unspecified atom stereocenters. The molecule has 0 saturated carbocycles. The molecule has 6 rings (SSSR count). The summed E-state index contributed by atoms with van der Waals surface area (Å²) in [5, 5.41) is 68.5.